The van der Waals surface area contributed by atoms with E-state index in [0.29, 0.717) is 0 Å². The SMILES string of the molecule is c1ccc(-c2ccc(-c3ccc(-n4c5ccccc5c5ccc6c7ccccc7n(-c7ccc(-c8ccc9ccccc9c8)cc7)c6c54)cc3)cc2)cc1. The molecule has 0 aliphatic heterocycles. The molecule has 0 unspecified atom stereocenters. The third-order valence-electron chi connectivity index (χ3n) is 11.1. The molecule has 0 saturated carbocycles. The van der Waals surface area contributed by atoms with E-state index in [1.54, 1.807) is 0 Å². The fraction of sp³-hybridized carbons (Fsp3) is 0. The van der Waals surface area contributed by atoms with Crippen molar-refractivity contribution in [1.29, 1.82) is 0 Å². The van der Waals surface area contributed by atoms with E-state index in [1.807, 2.05) is 0 Å². The Hall–Kier alpha value is -7.16. The zero-order valence-corrected chi connectivity index (χ0v) is 29.5. The molecule has 0 bridgehead atoms. The lowest BCUT2D eigenvalue weighted by Gasteiger charge is -2.14. The quantitative estimate of drug-likeness (QED) is 0.171. The first kappa shape index (κ1) is 30.5. The van der Waals surface area contributed by atoms with Gasteiger partial charge in [-0.05, 0) is 86.6 Å². The van der Waals surface area contributed by atoms with Crippen LogP contribution in [-0.2, 0) is 0 Å². The van der Waals surface area contributed by atoms with Crippen molar-refractivity contribution in [1.82, 2.24) is 9.13 Å². The van der Waals surface area contributed by atoms with Gasteiger partial charge in [-0.1, -0.05) is 164 Å². The third-order valence-corrected chi connectivity index (χ3v) is 11.1. The number of rotatable bonds is 5. The molecule has 11 aromatic rings. The van der Waals surface area contributed by atoms with E-state index in [-0.39, 0.29) is 0 Å². The molecule has 0 aliphatic carbocycles. The molecule has 0 saturated heterocycles. The second kappa shape index (κ2) is 12.2. The summed E-state index contributed by atoms with van der Waals surface area (Å²) < 4.78 is 4.93. The van der Waals surface area contributed by atoms with Crippen LogP contribution < -0.4 is 0 Å². The molecule has 0 radical (unpaired) electrons. The van der Waals surface area contributed by atoms with Crippen LogP contribution in [0.3, 0.4) is 0 Å². The first-order valence-corrected chi connectivity index (χ1v) is 18.6. The Morgan fingerprint density at radius 1 is 0.241 bits per heavy atom. The molecule has 11 rings (SSSR count). The van der Waals surface area contributed by atoms with Gasteiger partial charge in [0.25, 0.3) is 0 Å². The summed E-state index contributed by atoms with van der Waals surface area (Å²) in [6.45, 7) is 0. The number of para-hydroxylation sites is 2. The number of hydrogen-bond donors (Lipinski definition) is 0. The predicted molar refractivity (Wildman–Crippen MR) is 229 cm³/mol. The molecular formula is C52H34N2. The van der Waals surface area contributed by atoms with Crippen LogP contribution in [0, 0.1) is 0 Å². The van der Waals surface area contributed by atoms with Gasteiger partial charge in [0.2, 0.25) is 0 Å². The van der Waals surface area contributed by atoms with E-state index >= 15 is 0 Å². The zero-order valence-electron chi connectivity index (χ0n) is 29.5. The first-order valence-electron chi connectivity index (χ1n) is 18.6. The van der Waals surface area contributed by atoms with Crippen molar-refractivity contribution < 1.29 is 0 Å². The Morgan fingerprint density at radius 2 is 0.630 bits per heavy atom. The van der Waals surface area contributed by atoms with Gasteiger partial charge in [-0.25, -0.2) is 0 Å². The largest absolute Gasteiger partial charge is 0.307 e. The topological polar surface area (TPSA) is 9.86 Å². The van der Waals surface area contributed by atoms with Crippen molar-refractivity contribution in [2.75, 3.05) is 0 Å². The highest BCUT2D eigenvalue weighted by atomic mass is 15.0. The molecule has 252 valence electrons. The van der Waals surface area contributed by atoms with Crippen LogP contribution in [0.2, 0.25) is 0 Å². The molecule has 54 heavy (non-hydrogen) atoms. The standard InChI is InChI=1S/C52H34N2/c1-2-10-35(11-3-1)37-18-20-38(21-19-37)39-24-28-43(29-25-39)53-49-16-8-6-14-45(49)47-32-33-48-46-15-7-9-17-50(46)54(52(48)51(47)53)44-30-26-40(27-31-44)42-23-22-36-12-4-5-13-41(36)34-42/h1-34H. The lowest BCUT2D eigenvalue weighted by molar-refractivity contribution is 1.15. The summed E-state index contributed by atoms with van der Waals surface area (Å²) in [5.41, 5.74) is 14.4. The minimum Gasteiger partial charge on any atom is -0.307 e. The Kier molecular flexibility index (Phi) is 6.90. The average molecular weight is 687 g/mol. The van der Waals surface area contributed by atoms with Gasteiger partial charge in [-0.2, -0.15) is 0 Å². The maximum absolute atomic E-state index is 2.47. The molecular weight excluding hydrogens is 653 g/mol. The normalized spacial score (nSPS) is 11.7. The smallest absolute Gasteiger partial charge is 0.0788 e. The van der Waals surface area contributed by atoms with Gasteiger partial charge in [-0.3, -0.25) is 0 Å². The van der Waals surface area contributed by atoms with Crippen molar-refractivity contribution in [3.63, 3.8) is 0 Å². The molecule has 0 N–H and O–H groups in total. The van der Waals surface area contributed by atoms with Crippen LogP contribution in [0.5, 0.6) is 0 Å². The van der Waals surface area contributed by atoms with Gasteiger partial charge in [-0.15, -0.1) is 0 Å². The molecule has 2 heteroatoms. The fourth-order valence-corrected chi connectivity index (χ4v) is 8.50. The number of fused-ring (bicyclic) bond motifs is 8. The minimum atomic E-state index is 1.14. The summed E-state index contributed by atoms with van der Waals surface area (Å²) in [6.07, 6.45) is 0. The highest BCUT2D eigenvalue weighted by Gasteiger charge is 2.21. The van der Waals surface area contributed by atoms with Gasteiger partial charge in [0.05, 0.1) is 22.1 Å². The molecule has 9 aromatic carbocycles. The molecule has 0 amide bonds. The first-order chi connectivity index (χ1) is 26.8. The summed E-state index contributed by atoms with van der Waals surface area (Å²) in [5, 5.41) is 7.50. The summed E-state index contributed by atoms with van der Waals surface area (Å²) in [6, 6.07) is 75.2. The summed E-state index contributed by atoms with van der Waals surface area (Å²) in [7, 11) is 0. The number of hydrogen-bond acceptors (Lipinski definition) is 0. The number of nitrogens with zero attached hydrogens (tertiary/aromatic N) is 2. The summed E-state index contributed by atoms with van der Waals surface area (Å²) in [4.78, 5) is 0. The van der Waals surface area contributed by atoms with Crippen LogP contribution in [0.4, 0.5) is 0 Å². The van der Waals surface area contributed by atoms with Crippen molar-refractivity contribution in [3.05, 3.63) is 206 Å². The molecule has 2 aromatic heterocycles. The molecule has 0 spiro atoms. The molecule has 2 nitrogen and oxygen atoms in total. The Balaban J connectivity index is 1.09. The van der Waals surface area contributed by atoms with Gasteiger partial charge >= 0.3 is 0 Å². The van der Waals surface area contributed by atoms with Crippen molar-refractivity contribution in [2.45, 2.75) is 0 Å². The van der Waals surface area contributed by atoms with Crippen LogP contribution >= 0.6 is 0 Å². The van der Waals surface area contributed by atoms with E-state index in [2.05, 4.69) is 215 Å². The second-order valence-corrected chi connectivity index (χ2v) is 14.2. The van der Waals surface area contributed by atoms with E-state index in [0.717, 1.165) is 11.4 Å². The van der Waals surface area contributed by atoms with Gasteiger partial charge < -0.3 is 9.13 Å². The van der Waals surface area contributed by atoms with E-state index in [1.165, 1.54) is 87.8 Å². The highest BCUT2D eigenvalue weighted by molar-refractivity contribution is 6.23. The van der Waals surface area contributed by atoms with Crippen molar-refractivity contribution >= 4 is 54.4 Å². The van der Waals surface area contributed by atoms with Crippen molar-refractivity contribution in [3.8, 4) is 44.8 Å². The van der Waals surface area contributed by atoms with Crippen molar-refractivity contribution in [2.24, 2.45) is 0 Å². The van der Waals surface area contributed by atoms with Gasteiger partial charge in [0, 0.05) is 32.9 Å². The molecule has 0 fully saturated rings. The van der Waals surface area contributed by atoms with Crippen LogP contribution in [-0.4, -0.2) is 9.13 Å². The number of aromatic nitrogens is 2. The van der Waals surface area contributed by atoms with Gasteiger partial charge in [0.15, 0.2) is 0 Å². The van der Waals surface area contributed by atoms with E-state index in [4.69, 9.17) is 0 Å². The molecule has 0 aliphatic rings. The zero-order chi connectivity index (χ0) is 35.6. The highest BCUT2D eigenvalue weighted by Crippen LogP contribution is 2.42. The minimum absolute atomic E-state index is 1.14. The Labute approximate surface area is 313 Å². The Bertz CT molecular complexity index is 3160. The average Bonchev–Trinajstić information content (AvgIpc) is 3.77. The number of benzene rings is 9. The van der Waals surface area contributed by atoms with Gasteiger partial charge in [0.1, 0.15) is 0 Å². The van der Waals surface area contributed by atoms with E-state index < -0.39 is 0 Å². The lowest BCUT2D eigenvalue weighted by atomic mass is 10.0. The monoisotopic (exact) mass is 686 g/mol. The predicted octanol–water partition coefficient (Wildman–Crippen LogP) is 14.0. The fourth-order valence-electron chi connectivity index (χ4n) is 8.50. The van der Waals surface area contributed by atoms with Crippen LogP contribution in [0.1, 0.15) is 0 Å². The third kappa shape index (κ3) is 4.81. The summed E-state index contributed by atoms with van der Waals surface area (Å²) in [5.74, 6) is 0. The van der Waals surface area contributed by atoms with E-state index in [9.17, 15) is 0 Å². The summed E-state index contributed by atoms with van der Waals surface area (Å²) >= 11 is 0. The second-order valence-electron chi connectivity index (χ2n) is 14.2. The van der Waals surface area contributed by atoms with Crippen LogP contribution in [0.15, 0.2) is 206 Å². The maximum Gasteiger partial charge on any atom is 0.0788 e. The Morgan fingerprint density at radius 3 is 1.17 bits per heavy atom. The molecule has 2 heterocycles. The lowest BCUT2D eigenvalue weighted by Crippen LogP contribution is -1.99. The molecule has 0 atom stereocenters. The maximum atomic E-state index is 2.47. The van der Waals surface area contributed by atoms with Crippen LogP contribution in [0.25, 0.3) is 99.1 Å².